The van der Waals surface area contributed by atoms with Gasteiger partial charge >= 0.3 is 0 Å². The van der Waals surface area contributed by atoms with Gasteiger partial charge < -0.3 is 5.32 Å². The number of rotatable bonds is 5. The minimum atomic E-state index is -0.816. The summed E-state index contributed by atoms with van der Waals surface area (Å²) in [6, 6.07) is 7.35. The molecule has 4 aromatic rings. The molecule has 0 spiro atoms. The molecule has 0 atom stereocenters. The Kier molecular flexibility index (Phi) is 6.31. The summed E-state index contributed by atoms with van der Waals surface area (Å²) in [7, 11) is -0.436. The second kappa shape index (κ2) is 9.00. The summed E-state index contributed by atoms with van der Waals surface area (Å²) in [5.41, 5.74) is 1.80. The van der Waals surface area contributed by atoms with Crippen LogP contribution in [0.2, 0.25) is 5.02 Å². The maximum Gasteiger partial charge on any atom is 0.146 e. The molecule has 3 aromatic heterocycles. The van der Waals surface area contributed by atoms with Crippen molar-refractivity contribution in [1.29, 1.82) is 0 Å². The lowest BCUT2D eigenvalue weighted by Gasteiger charge is -2.16. The highest BCUT2D eigenvalue weighted by atomic mass is 35.5. The number of aryl methyl sites for hydroxylation is 1. The zero-order chi connectivity index (χ0) is 23.0. The minimum absolute atomic E-state index is 0.0191. The van der Waals surface area contributed by atoms with E-state index >= 15 is 4.39 Å². The van der Waals surface area contributed by atoms with E-state index in [4.69, 9.17) is 11.6 Å². The molecule has 1 N–H and O–H groups in total. The molecule has 0 aliphatic carbocycles. The minimum Gasteiger partial charge on any atom is -0.377 e. The third-order valence-corrected chi connectivity index (χ3v) is 6.68. The van der Waals surface area contributed by atoms with Crippen LogP contribution in [0.3, 0.4) is 0 Å². The highest BCUT2D eigenvalue weighted by Gasteiger charge is 2.22. The lowest BCUT2D eigenvalue weighted by Crippen LogP contribution is -2.08. The van der Waals surface area contributed by atoms with E-state index in [1.165, 1.54) is 30.6 Å². The summed E-state index contributed by atoms with van der Waals surface area (Å²) >= 11 is 6.43. The Bertz CT molecular complexity index is 1310. The van der Waals surface area contributed by atoms with Crippen molar-refractivity contribution in [2.45, 2.75) is 13.5 Å². The number of hydrogen-bond acceptors (Lipinski definition) is 4. The van der Waals surface area contributed by atoms with E-state index in [0.717, 1.165) is 5.44 Å². The first-order valence-corrected chi connectivity index (χ1v) is 12.3. The quantitative estimate of drug-likeness (QED) is 0.358. The Morgan fingerprint density at radius 2 is 1.84 bits per heavy atom. The van der Waals surface area contributed by atoms with Crippen molar-refractivity contribution >= 4 is 41.5 Å². The highest BCUT2D eigenvalue weighted by Crippen LogP contribution is 2.39. The van der Waals surface area contributed by atoms with Gasteiger partial charge in [-0.1, -0.05) is 25.6 Å². The average molecular weight is 475 g/mol. The van der Waals surface area contributed by atoms with Crippen molar-refractivity contribution in [3.63, 3.8) is 0 Å². The predicted octanol–water partition coefficient (Wildman–Crippen LogP) is 6.05. The molecule has 0 saturated heterocycles. The van der Waals surface area contributed by atoms with Crippen LogP contribution in [0.25, 0.3) is 22.0 Å². The molecule has 32 heavy (non-hydrogen) atoms. The molecule has 1 aromatic carbocycles. The SMILES string of the molecule is Cc1nc2cc(F)c(-c3ccc(P(C)C)nc3)c(F)c2c(NCc2ncccc2F)c1Cl. The van der Waals surface area contributed by atoms with Crippen LogP contribution >= 0.6 is 19.5 Å². The smallest absolute Gasteiger partial charge is 0.146 e. The molecule has 3 heterocycles. The summed E-state index contributed by atoms with van der Waals surface area (Å²) in [5, 5.41) is 3.15. The van der Waals surface area contributed by atoms with Crippen LogP contribution in [-0.2, 0) is 6.54 Å². The van der Waals surface area contributed by atoms with E-state index in [0.29, 0.717) is 11.3 Å². The molecule has 0 radical (unpaired) electrons. The van der Waals surface area contributed by atoms with Crippen molar-refractivity contribution in [1.82, 2.24) is 15.0 Å². The molecule has 0 aliphatic heterocycles. The Hall–Kier alpha value is -2.76. The maximum absolute atomic E-state index is 15.8. The third kappa shape index (κ3) is 4.15. The van der Waals surface area contributed by atoms with Gasteiger partial charge in [0.15, 0.2) is 0 Å². The molecule has 0 saturated carbocycles. The molecular weight excluding hydrogens is 456 g/mol. The van der Waals surface area contributed by atoms with E-state index in [9.17, 15) is 8.78 Å². The first-order valence-electron chi connectivity index (χ1n) is 9.72. The molecule has 4 rings (SSSR count). The topological polar surface area (TPSA) is 50.7 Å². The fourth-order valence-electron chi connectivity index (χ4n) is 3.40. The van der Waals surface area contributed by atoms with Crippen LogP contribution < -0.4 is 10.8 Å². The highest BCUT2D eigenvalue weighted by molar-refractivity contribution is 7.63. The van der Waals surface area contributed by atoms with Crippen LogP contribution in [0.15, 0.2) is 42.7 Å². The van der Waals surface area contributed by atoms with Crippen molar-refractivity contribution in [2.24, 2.45) is 0 Å². The van der Waals surface area contributed by atoms with E-state index in [-0.39, 0.29) is 39.4 Å². The Morgan fingerprint density at radius 1 is 1.06 bits per heavy atom. The number of anilines is 1. The number of hydrogen-bond donors (Lipinski definition) is 1. The molecule has 0 amide bonds. The van der Waals surface area contributed by atoms with Crippen molar-refractivity contribution in [3.05, 3.63) is 76.6 Å². The molecule has 0 aliphatic rings. The van der Waals surface area contributed by atoms with Gasteiger partial charge in [0.2, 0.25) is 0 Å². The molecule has 0 fully saturated rings. The van der Waals surface area contributed by atoms with Gasteiger partial charge in [-0.25, -0.2) is 13.2 Å². The largest absolute Gasteiger partial charge is 0.377 e. The Labute approximate surface area is 189 Å². The van der Waals surface area contributed by atoms with Gasteiger partial charge in [-0.3, -0.25) is 15.0 Å². The number of pyridine rings is 3. The molecule has 0 bridgehead atoms. The Balaban J connectivity index is 1.87. The lowest BCUT2D eigenvalue weighted by atomic mass is 10.0. The van der Waals surface area contributed by atoms with E-state index < -0.39 is 25.4 Å². The summed E-state index contributed by atoms with van der Waals surface area (Å²) < 4.78 is 44.8. The van der Waals surface area contributed by atoms with Gasteiger partial charge in [-0.05, 0) is 38.5 Å². The van der Waals surface area contributed by atoms with Crippen molar-refractivity contribution in [3.8, 4) is 11.1 Å². The molecular formula is C23H19ClF3N4P. The van der Waals surface area contributed by atoms with Crippen LogP contribution in [0.4, 0.5) is 18.9 Å². The van der Waals surface area contributed by atoms with Crippen molar-refractivity contribution in [2.75, 3.05) is 18.6 Å². The van der Waals surface area contributed by atoms with E-state index in [1.807, 2.05) is 13.3 Å². The van der Waals surface area contributed by atoms with Crippen LogP contribution in [0, 0.1) is 24.4 Å². The number of aromatic nitrogens is 3. The predicted molar refractivity (Wildman–Crippen MR) is 125 cm³/mol. The number of nitrogens with one attached hydrogen (secondary N) is 1. The van der Waals surface area contributed by atoms with Crippen LogP contribution in [-0.4, -0.2) is 28.3 Å². The van der Waals surface area contributed by atoms with Gasteiger partial charge in [0.1, 0.15) is 17.5 Å². The Morgan fingerprint density at radius 3 is 2.50 bits per heavy atom. The zero-order valence-electron chi connectivity index (χ0n) is 17.5. The number of halogens is 4. The first-order chi connectivity index (χ1) is 15.3. The summed E-state index contributed by atoms with van der Waals surface area (Å²) in [4.78, 5) is 12.6. The lowest BCUT2D eigenvalue weighted by molar-refractivity contribution is 0.597. The molecule has 164 valence electrons. The zero-order valence-corrected chi connectivity index (χ0v) is 19.2. The van der Waals surface area contributed by atoms with Gasteiger partial charge in [0, 0.05) is 24.0 Å². The van der Waals surface area contributed by atoms with Crippen molar-refractivity contribution < 1.29 is 13.2 Å². The summed E-state index contributed by atoms with van der Waals surface area (Å²) in [6.07, 6.45) is 2.92. The molecule has 9 heteroatoms. The van der Waals surface area contributed by atoms with Crippen LogP contribution in [0.5, 0.6) is 0 Å². The van der Waals surface area contributed by atoms with E-state index in [2.05, 4.69) is 20.3 Å². The third-order valence-electron chi connectivity index (χ3n) is 5.03. The monoisotopic (exact) mass is 474 g/mol. The number of nitrogens with zero attached hydrogens (tertiary/aromatic N) is 3. The average Bonchev–Trinajstić information content (AvgIpc) is 2.76. The fourth-order valence-corrected chi connectivity index (χ4v) is 4.27. The first kappa shape index (κ1) is 22.4. The number of fused-ring (bicyclic) bond motifs is 1. The molecule has 4 nitrogen and oxygen atoms in total. The van der Waals surface area contributed by atoms with E-state index in [1.54, 1.807) is 19.1 Å². The van der Waals surface area contributed by atoms with Gasteiger partial charge in [-0.2, -0.15) is 0 Å². The summed E-state index contributed by atoms with van der Waals surface area (Å²) in [6.45, 7) is 5.69. The summed E-state index contributed by atoms with van der Waals surface area (Å²) in [5.74, 6) is -2.07. The van der Waals surface area contributed by atoms with Crippen LogP contribution in [0.1, 0.15) is 11.4 Å². The second-order valence-corrected chi connectivity index (χ2v) is 10.0. The number of benzene rings is 1. The standard InChI is InChI=1S/C23H19ClF3N4P/c1-12-21(24)23(30-11-17-14(25)5-4-8-28-17)20-16(31-12)9-15(26)19(22(20)27)13-6-7-18(29-10-13)32(2)3/h4-10H,11H2,1-3H3,(H,30,31). The normalized spacial score (nSPS) is 11.4. The van der Waals surface area contributed by atoms with Gasteiger partial charge in [-0.15, -0.1) is 0 Å². The second-order valence-electron chi connectivity index (χ2n) is 7.41. The molecule has 0 unspecified atom stereocenters. The fraction of sp³-hybridized carbons (Fsp3) is 0.174. The maximum atomic E-state index is 15.8. The van der Waals surface area contributed by atoms with Gasteiger partial charge in [0.05, 0.1) is 50.5 Å². The van der Waals surface area contributed by atoms with Gasteiger partial charge in [0.25, 0.3) is 0 Å².